The monoisotopic (exact) mass is 492 g/mol. The molecule has 0 atom stereocenters. The molecule has 10 nitrogen and oxygen atoms in total. The number of rotatable bonds is 8. The van der Waals surface area contributed by atoms with E-state index in [1.165, 1.54) is 9.21 Å². The Morgan fingerprint density at radius 1 is 1.12 bits per heavy atom. The predicted octanol–water partition coefficient (Wildman–Crippen LogP) is 1.96. The van der Waals surface area contributed by atoms with Crippen LogP contribution in [-0.4, -0.2) is 75.5 Å². The number of benzene rings is 1. The molecule has 0 bridgehead atoms. The lowest BCUT2D eigenvalue weighted by Gasteiger charge is -2.30. The maximum atomic E-state index is 12.9. The zero-order valence-electron chi connectivity index (χ0n) is 20.3. The quantitative estimate of drug-likeness (QED) is 0.514. The molecule has 0 spiro atoms. The molecular weight excluding hydrogens is 460 g/mol. The largest absolute Gasteiger partial charge is 0.455 e. The zero-order chi connectivity index (χ0) is 25.0. The van der Waals surface area contributed by atoms with Crippen molar-refractivity contribution in [2.24, 2.45) is 5.92 Å². The molecule has 1 aromatic carbocycles. The summed E-state index contributed by atoms with van der Waals surface area (Å²) in [5.74, 6) is -0.988. The molecular formula is C23H32N4O6S. The number of ether oxygens (including phenoxy) is 1. The number of sulfonamides is 1. The molecule has 0 unspecified atom stereocenters. The highest BCUT2D eigenvalue weighted by molar-refractivity contribution is 7.89. The van der Waals surface area contributed by atoms with Crippen molar-refractivity contribution >= 4 is 27.6 Å². The van der Waals surface area contributed by atoms with Crippen LogP contribution in [0.4, 0.5) is 5.69 Å². The number of carbonyl (C=O) groups is 2. The number of amides is 1. The topological polar surface area (TPSA) is 113 Å². The molecule has 3 rings (SSSR count). The van der Waals surface area contributed by atoms with E-state index in [0.29, 0.717) is 25.1 Å². The lowest BCUT2D eigenvalue weighted by atomic mass is 9.98. The van der Waals surface area contributed by atoms with E-state index in [2.05, 4.69) is 5.16 Å². The fourth-order valence-corrected chi connectivity index (χ4v) is 5.69. The van der Waals surface area contributed by atoms with Crippen LogP contribution in [0.3, 0.4) is 0 Å². The van der Waals surface area contributed by atoms with E-state index in [4.69, 9.17) is 9.26 Å². The maximum absolute atomic E-state index is 12.9. The van der Waals surface area contributed by atoms with E-state index in [1.54, 1.807) is 20.9 Å². The summed E-state index contributed by atoms with van der Waals surface area (Å²) in [6, 6.07) is 7.86. The van der Waals surface area contributed by atoms with Crippen LogP contribution in [0.25, 0.3) is 0 Å². The Balaban J connectivity index is 1.47. The van der Waals surface area contributed by atoms with Gasteiger partial charge in [-0.3, -0.25) is 9.59 Å². The van der Waals surface area contributed by atoms with Gasteiger partial charge in [-0.15, -0.1) is 0 Å². The first-order chi connectivity index (χ1) is 16.0. The summed E-state index contributed by atoms with van der Waals surface area (Å²) in [5, 5.41) is 3.72. The average molecular weight is 493 g/mol. The van der Waals surface area contributed by atoms with Gasteiger partial charge in [-0.05, 0) is 44.4 Å². The first-order valence-corrected chi connectivity index (χ1v) is 12.5. The Bertz CT molecular complexity index is 1100. The summed E-state index contributed by atoms with van der Waals surface area (Å²) < 4.78 is 37.4. The minimum atomic E-state index is -3.74. The maximum Gasteiger partial charge on any atom is 0.309 e. The molecule has 186 valence electrons. The van der Waals surface area contributed by atoms with E-state index < -0.39 is 21.9 Å². The Morgan fingerprint density at radius 2 is 1.74 bits per heavy atom. The minimum absolute atomic E-state index is 0.0820. The third kappa shape index (κ3) is 5.76. The van der Waals surface area contributed by atoms with Crippen molar-refractivity contribution in [1.82, 2.24) is 14.4 Å². The Labute approximate surface area is 200 Å². The van der Waals surface area contributed by atoms with Gasteiger partial charge in [0.1, 0.15) is 10.6 Å². The van der Waals surface area contributed by atoms with Crippen LogP contribution < -0.4 is 4.90 Å². The van der Waals surface area contributed by atoms with Crippen LogP contribution >= 0.6 is 0 Å². The van der Waals surface area contributed by atoms with E-state index in [0.717, 1.165) is 11.3 Å². The third-order valence-corrected chi connectivity index (χ3v) is 8.13. The van der Waals surface area contributed by atoms with Gasteiger partial charge in [0.2, 0.25) is 10.0 Å². The number of anilines is 1. The van der Waals surface area contributed by atoms with Crippen LogP contribution in [-0.2, 0) is 30.9 Å². The van der Waals surface area contributed by atoms with Gasteiger partial charge in [0, 0.05) is 46.5 Å². The zero-order valence-corrected chi connectivity index (χ0v) is 21.1. The summed E-state index contributed by atoms with van der Waals surface area (Å²) in [6.45, 7) is 3.57. The predicted molar refractivity (Wildman–Crippen MR) is 126 cm³/mol. The molecule has 1 fully saturated rings. The fourth-order valence-electron chi connectivity index (χ4n) is 3.93. The molecule has 2 aromatic rings. The standard InChI is InChI=1S/C23H32N4O6S/c1-16-22(17(2)33-24-16)34(30,31)27-12-10-19(11-13-27)23(29)32-15-21(28)26(5)14-18-6-8-20(9-7-18)25(3)4/h6-9,19H,10-15H2,1-5H3. The second-order valence-corrected chi connectivity index (χ2v) is 10.6. The Kier molecular flexibility index (Phi) is 7.98. The Morgan fingerprint density at radius 3 is 2.26 bits per heavy atom. The van der Waals surface area contributed by atoms with Gasteiger partial charge in [0.25, 0.3) is 5.91 Å². The molecule has 0 aliphatic carbocycles. The van der Waals surface area contributed by atoms with Crippen molar-refractivity contribution in [1.29, 1.82) is 0 Å². The van der Waals surface area contributed by atoms with Gasteiger partial charge in [0.05, 0.1) is 5.92 Å². The van der Waals surface area contributed by atoms with Crippen LogP contribution in [0.2, 0.25) is 0 Å². The smallest absolute Gasteiger partial charge is 0.309 e. The van der Waals surface area contributed by atoms with E-state index in [-0.39, 0.29) is 36.3 Å². The number of aryl methyl sites for hydroxylation is 2. The molecule has 1 aliphatic heterocycles. The molecule has 1 aromatic heterocycles. The van der Waals surface area contributed by atoms with Crippen LogP contribution in [0.15, 0.2) is 33.7 Å². The Hall–Kier alpha value is -2.92. The summed E-state index contributed by atoms with van der Waals surface area (Å²) in [4.78, 5) is 28.5. The molecule has 1 saturated heterocycles. The molecule has 0 N–H and O–H groups in total. The minimum Gasteiger partial charge on any atom is -0.455 e. The van der Waals surface area contributed by atoms with E-state index >= 15 is 0 Å². The number of esters is 1. The number of aromatic nitrogens is 1. The fraction of sp³-hybridized carbons (Fsp3) is 0.522. The summed E-state index contributed by atoms with van der Waals surface area (Å²) in [6.07, 6.45) is 0.646. The highest BCUT2D eigenvalue weighted by Crippen LogP contribution is 2.28. The van der Waals surface area contributed by atoms with E-state index in [1.807, 2.05) is 43.3 Å². The first kappa shape index (κ1) is 25.7. The van der Waals surface area contributed by atoms with Crippen molar-refractivity contribution in [3.8, 4) is 0 Å². The van der Waals surface area contributed by atoms with Gasteiger partial charge in [0.15, 0.2) is 12.4 Å². The van der Waals surface area contributed by atoms with Gasteiger partial charge in [-0.25, -0.2) is 8.42 Å². The molecule has 0 radical (unpaired) electrons. The van der Waals surface area contributed by atoms with Crippen molar-refractivity contribution in [3.63, 3.8) is 0 Å². The first-order valence-electron chi connectivity index (χ1n) is 11.1. The third-order valence-electron chi connectivity index (χ3n) is 5.99. The molecule has 1 amide bonds. The molecule has 11 heteroatoms. The number of piperidine rings is 1. The van der Waals surface area contributed by atoms with Crippen molar-refractivity contribution in [2.75, 3.05) is 45.7 Å². The molecule has 0 saturated carbocycles. The highest BCUT2D eigenvalue weighted by Gasteiger charge is 2.36. The second kappa shape index (κ2) is 10.6. The van der Waals surface area contributed by atoms with Gasteiger partial charge >= 0.3 is 5.97 Å². The second-order valence-electron chi connectivity index (χ2n) is 8.75. The summed E-state index contributed by atoms with van der Waals surface area (Å²) in [7, 11) is 1.84. The van der Waals surface area contributed by atoms with Crippen molar-refractivity contribution < 1.29 is 27.3 Å². The molecule has 1 aliphatic rings. The number of likely N-dealkylation sites (N-methyl/N-ethyl adjacent to an activating group) is 1. The van der Waals surface area contributed by atoms with Crippen LogP contribution in [0.1, 0.15) is 29.9 Å². The lowest BCUT2D eigenvalue weighted by Crippen LogP contribution is -2.41. The average Bonchev–Trinajstić information content (AvgIpc) is 3.16. The van der Waals surface area contributed by atoms with Crippen LogP contribution in [0.5, 0.6) is 0 Å². The summed E-state index contributed by atoms with van der Waals surface area (Å²) >= 11 is 0. The number of hydrogen-bond donors (Lipinski definition) is 0. The molecule has 34 heavy (non-hydrogen) atoms. The molecule has 2 heterocycles. The number of nitrogens with zero attached hydrogens (tertiary/aromatic N) is 4. The SMILES string of the molecule is Cc1noc(C)c1S(=O)(=O)N1CCC(C(=O)OCC(=O)N(C)Cc2ccc(N(C)C)cc2)CC1. The van der Waals surface area contributed by atoms with Crippen molar-refractivity contribution in [2.45, 2.75) is 38.1 Å². The lowest BCUT2D eigenvalue weighted by molar-refractivity contribution is -0.156. The van der Waals surface area contributed by atoms with Gasteiger partial charge < -0.3 is 19.1 Å². The van der Waals surface area contributed by atoms with Gasteiger partial charge in [-0.2, -0.15) is 4.31 Å². The number of carbonyl (C=O) groups excluding carboxylic acids is 2. The van der Waals surface area contributed by atoms with Crippen molar-refractivity contribution in [3.05, 3.63) is 41.3 Å². The number of hydrogen-bond acceptors (Lipinski definition) is 8. The summed E-state index contributed by atoms with van der Waals surface area (Å²) in [5.41, 5.74) is 2.35. The highest BCUT2D eigenvalue weighted by atomic mass is 32.2. The van der Waals surface area contributed by atoms with Crippen LogP contribution in [0, 0.1) is 19.8 Å². The normalized spacial score (nSPS) is 15.2. The van der Waals surface area contributed by atoms with Gasteiger partial charge in [-0.1, -0.05) is 17.3 Å². The van der Waals surface area contributed by atoms with E-state index in [9.17, 15) is 18.0 Å².